The Kier molecular flexibility index (Phi) is 5.35. The van der Waals surface area contributed by atoms with E-state index in [1.165, 1.54) is 14.2 Å². The summed E-state index contributed by atoms with van der Waals surface area (Å²) < 4.78 is 15.7. The number of aromatic nitrogens is 2. The van der Waals surface area contributed by atoms with Gasteiger partial charge in [0.25, 0.3) is 0 Å². The fourth-order valence-corrected chi connectivity index (χ4v) is 6.26. The van der Waals surface area contributed by atoms with Gasteiger partial charge < -0.3 is 0 Å². The van der Waals surface area contributed by atoms with Crippen molar-refractivity contribution in [3.63, 3.8) is 0 Å². The number of fused-ring (bicyclic) bond motifs is 1. The zero-order chi connectivity index (χ0) is 20.4. The van der Waals surface area contributed by atoms with E-state index in [-0.39, 0.29) is 14.7 Å². The van der Waals surface area contributed by atoms with Crippen molar-refractivity contribution in [1.29, 1.82) is 0 Å². The molecule has 1 aliphatic rings. The van der Waals surface area contributed by atoms with Crippen LogP contribution in [-0.4, -0.2) is 50.1 Å². The van der Waals surface area contributed by atoms with Gasteiger partial charge in [-0.1, -0.05) is 0 Å². The topological polar surface area (TPSA) is 78.4 Å². The quantitative estimate of drug-likeness (QED) is 0.342. The molecule has 7 heteroatoms. The monoisotopic (exact) mass is 456 g/mol. The van der Waals surface area contributed by atoms with Crippen molar-refractivity contribution in [2.45, 2.75) is 18.3 Å². The van der Waals surface area contributed by atoms with E-state index in [0.29, 0.717) is 6.42 Å². The molecular weight excluding hydrogens is 435 g/mol. The third-order valence-electron chi connectivity index (χ3n) is 5.63. The van der Waals surface area contributed by atoms with Crippen molar-refractivity contribution >= 4 is 26.7 Å². The van der Waals surface area contributed by atoms with Gasteiger partial charge >= 0.3 is 175 Å². The molecule has 1 heterocycles. The van der Waals surface area contributed by atoms with Gasteiger partial charge in [0.15, 0.2) is 0 Å². The number of rotatable bonds is 4. The number of esters is 2. The van der Waals surface area contributed by atoms with Crippen LogP contribution in [0.4, 0.5) is 0 Å². The van der Waals surface area contributed by atoms with Gasteiger partial charge in [-0.25, -0.2) is 0 Å². The van der Waals surface area contributed by atoms with E-state index in [2.05, 4.69) is 9.19 Å². The van der Waals surface area contributed by atoms with Gasteiger partial charge in [-0.05, 0) is 0 Å². The molecule has 0 N–H and O–H groups in total. The normalized spacial score (nSPS) is 19.8. The van der Waals surface area contributed by atoms with Crippen LogP contribution >= 0.6 is 0 Å². The summed E-state index contributed by atoms with van der Waals surface area (Å²) >= 11 is -0.287. The summed E-state index contributed by atoms with van der Waals surface area (Å²) in [7, 11) is 2.63. The molecule has 3 aromatic rings. The predicted octanol–water partition coefficient (Wildman–Crippen LogP) is 2.34. The Labute approximate surface area is 174 Å². The van der Waals surface area contributed by atoms with E-state index in [1.54, 1.807) is 0 Å². The summed E-state index contributed by atoms with van der Waals surface area (Å²) in [5, 5.41) is 4.37. The molecule has 0 aliphatic heterocycles. The van der Waals surface area contributed by atoms with Gasteiger partial charge in [0.05, 0.1) is 0 Å². The number of carbonyl (C=O) groups is 2. The van der Waals surface area contributed by atoms with Crippen LogP contribution < -0.4 is 0 Å². The fourth-order valence-electron chi connectivity index (χ4n) is 4.41. The van der Waals surface area contributed by atoms with E-state index in [0.717, 1.165) is 21.3 Å². The summed E-state index contributed by atoms with van der Waals surface area (Å²) in [4.78, 5) is 26.9. The Balaban J connectivity index is 2.07. The van der Waals surface area contributed by atoms with Crippen molar-refractivity contribution in [3.8, 4) is 0 Å². The molecule has 0 radical (unpaired) electrons. The number of benzene rings is 2. The molecule has 148 valence electrons. The summed E-state index contributed by atoms with van der Waals surface area (Å²) in [6, 6.07) is 19.1. The Morgan fingerprint density at radius 3 is 2.03 bits per heavy atom. The molecular formula is C22H20N2O4Se. The first-order valence-electron chi connectivity index (χ1n) is 9.22. The Hall–Kier alpha value is -2.76. The second-order valence-electron chi connectivity index (χ2n) is 6.95. The summed E-state index contributed by atoms with van der Waals surface area (Å²) in [6.45, 7) is 0. The SMILES string of the molecule is COC(=O)C1(C(=O)OC)C(c2ccccc2)Cc2nn[se]c2C1c1ccccc1. The number of hydrogen-bond donors (Lipinski definition) is 0. The van der Waals surface area contributed by atoms with Crippen LogP contribution in [0.25, 0.3) is 0 Å². The second-order valence-corrected chi connectivity index (χ2v) is 8.60. The maximum atomic E-state index is 13.4. The van der Waals surface area contributed by atoms with E-state index in [1.807, 2.05) is 60.7 Å². The molecule has 0 saturated carbocycles. The van der Waals surface area contributed by atoms with Crippen molar-refractivity contribution in [3.05, 3.63) is 81.9 Å². The number of nitrogens with zero attached hydrogens (tertiary/aromatic N) is 2. The zero-order valence-electron chi connectivity index (χ0n) is 16.1. The zero-order valence-corrected chi connectivity index (χ0v) is 17.8. The van der Waals surface area contributed by atoms with Crippen LogP contribution in [0.15, 0.2) is 60.7 Å². The molecule has 4 rings (SSSR count). The van der Waals surface area contributed by atoms with Crippen molar-refractivity contribution in [1.82, 2.24) is 9.19 Å². The van der Waals surface area contributed by atoms with Crippen LogP contribution in [0.2, 0.25) is 0 Å². The molecule has 29 heavy (non-hydrogen) atoms. The van der Waals surface area contributed by atoms with Crippen molar-refractivity contribution < 1.29 is 19.1 Å². The first-order valence-corrected chi connectivity index (χ1v) is 10.8. The molecule has 2 unspecified atom stereocenters. The average Bonchev–Trinajstić information content (AvgIpc) is 3.25. The molecule has 6 nitrogen and oxygen atoms in total. The number of ether oxygens (including phenoxy) is 2. The first kappa shape index (κ1) is 19.6. The Morgan fingerprint density at radius 2 is 1.48 bits per heavy atom. The van der Waals surface area contributed by atoms with Gasteiger partial charge in [-0.3, -0.25) is 0 Å². The van der Waals surface area contributed by atoms with Crippen LogP contribution in [0, 0.1) is 5.41 Å². The van der Waals surface area contributed by atoms with Gasteiger partial charge in [0, 0.05) is 0 Å². The van der Waals surface area contributed by atoms with E-state index < -0.39 is 29.2 Å². The summed E-state index contributed by atoms with van der Waals surface area (Å²) in [6.07, 6.45) is 0.429. The summed E-state index contributed by atoms with van der Waals surface area (Å²) in [5.41, 5.74) is 1.02. The van der Waals surface area contributed by atoms with Gasteiger partial charge in [0.1, 0.15) is 0 Å². The molecule has 1 aromatic heterocycles. The molecule has 2 atom stereocenters. The molecule has 1 aliphatic carbocycles. The molecule has 0 bridgehead atoms. The van der Waals surface area contributed by atoms with E-state index in [4.69, 9.17) is 9.47 Å². The third kappa shape index (κ3) is 3.01. The minimum atomic E-state index is -1.55. The molecule has 0 saturated heterocycles. The van der Waals surface area contributed by atoms with Crippen LogP contribution in [0.1, 0.15) is 33.1 Å². The van der Waals surface area contributed by atoms with Gasteiger partial charge in [-0.15, -0.1) is 0 Å². The molecule has 0 fully saturated rings. The van der Waals surface area contributed by atoms with Crippen LogP contribution in [-0.2, 0) is 25.5 Å². The number of carbonyl (C=O) groups excluding carboxylic acids is 2. The first-order chi connectivity index (χ1) is 14.1. The van der Waals surface area contributed by atoms with Crippen molar-refractivity contribution in [2.24, 2.45) is 5.41 Å². The standard InChI is InChI=1S/C22H20N2O4Se/c1-27-20(25)22(21(26)28-2)16(14-9-5-3-6-10-14)13-17-19(29-24-23-17)18(22)15-11-7-4-8-12-15/h3-12,16,18H,13H2,1-2H3. The average molecular weight is 455 g/mol. The van der Waals surface area contributed by atoms with Crippen LogP contribution in [0.5, 0.6) is 0 Å². The Morgan fingerprint density at radius 1 is 0.931 bits per heavy atom. The summed E-state index contributed by atoms with van der Waals surface area (Å²) in [5.74, 6) is -2.23. The van der Waals surface area contributed by atoms with Gasteiger partial charge in [-0.2, -0.15) is 0 Å². The third-order valence-corrected chi connectivity index (χ3v) is 7.38. The Bertz CT molecular complexity index is 1000. The van der Waals surface area contributed by atoms with Gasteiger partial charge in [0.2, 0.25) is 0 Å². The second kappa shape index (κ2) is 7.93. The molecule has 0 amide bonds. The maximum absolute atomic E-state index is 13.4. The number of hydrogen-bond acceptors (Lipinski definition) is 6. The number of methoxy groups -OCH3 is 2. The molecule has 2 aromatic carbocycles. The minimum absolute atomic E-state index is 0.287. The van der Waals surface area contributed by atoms with Crippen LogP contribution in [0.3, 0.4) is 0 Å². The van der Waals surface area contributed by atoms with E-state index in [9.17, 15) is 9.59 Å². The predicted molar refractivity (Wildman–Crippen MR) is 107 cm³/mol. The van der Waals surface area contributed by atoms with Crippen molar-refractivity contribution in [2.75, 3.05) is 14.2 Å². The fraction of sp³-hybridized carbons (Fsp3) is 0.273. The van der Waals surface area contributed by atoms with E-state index >= 15 is 0 Å². The molecule has 0 spiro atoms.